The number of carbonyl (C=O) groups is 3. The van der Waals surface area contributed by atoms with Gasteiger partial charge in [-0.15, -0.1) is 0 Å². The molecule has 1 aliphatic rings. The molecule has 39 heavy (non-hydrogen) atoms. The molecule has 2 aromatic heterocycles. The summed E-state index contributed by atoms with van der Waals surface area (Å²) in [6.07, 6.45) is 4.32. The quantitative estimate of drug-likeness (QED) is 0.208. The first-order valence-electron chi connectivity index (χ1n) is 12.3. The van der Waals surface area contributed by atoms with Crippen LogP contribution in [0.25, 0.3) is 10.9 Å². The fourth-order valence-electron chi connectivity index (χ4n) is 4.51. The minimum atomic E-state index is -0.974. The minimum absolute atomic E-state index is 0.0723. The van der Waals surface area contributed by atoms with Gasteiger partial charge in [-0.25, -0.2) is 14.2 Å². The third-order valence-electron chi connectivity index (χ3n) is 6.90. The van der Waals surface area contributed by atoms with Crippen LogP contribution in [0.2, 0.25) is 0 Å². The summed E-state index contributed by atoms with van der Waals surface area (Å²) in [5.74, 6) is -0.174. The van der Waals surface area contributed by atoms with Crippen molar-refractivity contribution in [3.8, 4) is 17.4 Å². The van der Waals surface area contributed by atoms with Gasteiger partial charge in [0.15, 0.2) is 11.6 Å². The molecule has 5 rings (SSSR count). The molecule has 0 atom stereocenters. The Labute approximate surface area is 223 Å². The molecule has 1 saturated carbocycles. The van der Waals surface area contributed by atoms with Crippen LogP contribution in [0.4, 0.5) is 4.39 Å². The summed E-state index contributed by atoms with van der Waals surface area (Å²) in [5, 5.41) is 0.565. The van der Waals surface area contributed by atoms with Gasteiger partial charge in [-0.2, -0.15) is 0 Å². The Morgan fingerprint density at radius 1 is 0.872 bits per heavy atom. The second-order valence-corrected chi connectivity index (χ2v) is 9.39. The van der Waals surface area contributed by atoms with E-state index in [0.717, 1.165) is 0 Å². The molecule has 0 aliphatic heterocycles. The first kappa shape index (κ1) is 26.0. The van der Waals surface area contributed by atoms with Crippen molar-refractivity contribution in [3.63, 3.8) is 0 Å². The van der Waals surface area contributed by atoms with Crippen molar-refractivity contribution in [3.05, 3.63) is 89.5 Å². The first-order chi connectivity index (χ1) is 18.8. The number of halogens is 1. The molecule has 0 bridgehead atoms. The number of carbonyl (C=O) groups excluding carboxylic acids is 3. The zero-order chi connectivity index (χ0) is 27.6. The Morgan fingerprint density at radius 2 is 1.56 bits per heavy atom. The highest BCUT2D eigenvalue weighted by Crippen LogP contribution is 2.48. The van der Waals surface area contributed by atoms with Gasteiger partial charge in [-0.1, -0.05) is 18.2 Å². The summed E-state index contributed by atoms with van der Waals surface area (Å²) in [5.41, 5.74) is 1.15. The molecule has 8 nitrogen and oxygen atoms in total. The van der Waals surface area contributed by atoms with Crippen LogP contribution in [0.5, 0.6) is 17.4 Å². The zero-order valence-corrected chi connectivity index (χ0v) is 21.4. The van der Waals surface area contributed by atoms with E-state index in [4.69, 9.17) is 14.2 Å². The van der Waals surface area contributed by atoms with E-state index < -0.39 is 11.4 Å². The van der Waals surface area contributed by atoms with E-state index >= 15 is 0 Å². The van der Waals surface area contributed by atoms with Crippen LogP contribution >= 0.6 is 0 Å². The number of nitrogens with zero attached hydrogens (tertiary/aromatic N) is 2. The standard InChI is InChI=1S/C30H25FN2O6/c1-37-25-16-23-21(15-22(25)29(36)38-2)24(9-12-32-23)39-28-8-5-19(17-33-28)14-27(35)30(10-11-30)26(34)13-18-3-6-20(31)7-4-18/h3-9,12,15-17H,10-11,13-14H2,1-2H3. The van der Waals surface area contributed by atoms with Gasteiger partial charge < -0.3 is 14.2 Å². The van der Waals surface area contributed by atoms with E-state index in [1.165, 1.54) is 26.4 Å². The number of pyridine rings is 2. The van der Waals surface area contributed by atoms with Gasteiger partial charge in [0, 0.05) is 42.8 Å². The van der Waals surface area contributed by atoms with Crippen LogP contribution in [-0.2, 0) is 27.2 Å². The van der Waals surface area contributed by atoms with E-state index in [0.29, 0.717) is 46.4 Å². The molecule has 0 radical (unpaired) electrons. The monoisotopic (exact) mass is 528 g/mol. The van der Waals surface area contributed by atoms with Gasteiger partial charge in [0.25, 0.3) is 0 Å². The van der Waals surface area contributed by atoms with Gasteiger partial charge in [0.1, 0.15) is 22.9 Å². The van der Waals surface area contributed by atoms with Crippen LogP contribution in [0.15, 0.2) is 67.0 Å². The number of ether oxygens (including phenoxy) is 3. The third kappa shape index (κ3) is 5.34. The number of rotatable bonds is 10. The predicted octanol–water partition coefficient (Wildman–Crippen LogP) is 5.06. The van der Waals surface area contributed by atoms with E-state index in [2.05, 4.69) is 9.97 Å². The van der Waals surface area contributed by atoms with Crippen molar-refractivity contribution >= 4 is 28.4 Å². The molecular weight excluding hydrogens is 503 g/mol. The van der Waals surface area contributed by atoms with Crippen molar-refractivity contribution in [2.45, 2.75) is 25.7 Å². The molecule has 4 aromatic rings. The topological polar surface area (TPSA) is 105 Å². The first-order valence-corrected chi connectivity index (χ1v) is 12.3. The van der Waals surface area contributed by atoms with E-state index in [1.807, 2.05) is 0 Å². The summed E-state index contributed by atoms with van der Waals surface area (Å²) >= 11 is 0. The van der Waals surface area contributed by atoms with Gasteiger partial charge in [0.05, 0.1) is 25.2 Å². The number of hydrogen-bond acceptors (Lipinski definition) is 8. The zero-order valence-electron chi connectivity index (χ0n) is 21.4. The minimum Gasteiger partial charge on any atom is -0.496 e. The normalized spacial score (nSPS) is 13.5. The maximum atomic E-state index is 13.2. The smallest absolute Gasteiger partial charge is 0.341 e. The van der Waals surface area contributed by atoms with Crippen LogP contribution in [-0.4, -0.2) is 41.7 Å². The van der Waals surface area contributed by atoms with E-state index in [1.54, 1.807) is 54.9 Å². The number of methoxy groups -OCH3 is 2. The van der Waals surface area contributed by atoms with Crippen molar-refractivity contribution in [1.82, 2.24) is 9.97 Å². The van der Waals surface area contributed by atoms with Crippen LogP contribution in [0.3, 0.4) is 0 Å². The van der Waals surface area contributed by atoms with Gasteiger partial charge >= 0.3 is 5.97 Å². The molecule has 2 aromatic carbocycles. The number of aromatic nitrogens is 2. The number of fused-ring (bicyclic) bond motifs is 1. The Kier molecular flexibility index (Phi) is 7.06. The van der Waals surface area contributed by atoms with E-state index in [-0.39, 0.29) is 41.7 Å². The lowest BCUT2D eigenvalue weighted by atomic mass is 9.88. The van der Waals surface area contributed by atoms with Crippen molar-refractivity contribution in [2.75, 3.05) is 14.2 Å². The SMILES string of the molecule is COC(=O)c1cc2c(Oc3ccc(CC(=O)C4(C(=O)Cc5ccc(F)cc5)CC4)cn3)ccnc2cc1OC. The molecule has 1 fully saturated rings. The molecule has 0 unspecified atom stereocenters. The molecule has 1 aliphatic carbocycles. The highest BCUT2D eigenvalue weighted by molar-refractivity contribution is 6.11. The van der Waals surface area contributed by atoms with Crippen LogP contribution in [0, 0.1) is 11.2 Å². The molecule has 9 heteroatoms. The second kappa shape index (κ2) is 10.6. The molecule has 198 valence electrons. The molecule has 0 amide bonds. The molecule has 0 saturated heterocycles. The predicted molar refractivity (Wildman–Crippen MR) is 139 cm³/mol. The lowest BCUT2D eigenvalue weighted by Crippen LogP contribution is -2.28. The number of benzene rings is 2. The van der Waals surface area contributed by atoms with Crippen molar-refractivity contribution in [2.24, 2.45) is 5.41 Å². The fraction of sp³-hybridized carbons (Fsp3) is 0.233. The molecule has 0 spiro atoms. The third-order valence-corrected chi connectivity index (χ3v) is 6.90. The van der Waals surface area contributed by atoms with Gasteiger partial charge in [-0.05, 0) is 48.2 Å². The lowest BCUT2D eigenvalue weighted by Gasteiger charge is -2.14. The average molecular weight is 529 g/mol. The number of hydrogen-bond donors (Lipinski definition) is 0. The van der Waals surface area contributed by atoms with Crippen LogP contribution < -0.4 is 9.47 Å². The number of Topliss-reactive ketones (excluding diaryl/α,β-unsaturated/α-hetero) is 2. The fourth-order valence-corrected chi connectivity index (χ4v) is 4.51. The second-order valence-electron chi connectivity index (χ2n) is 9.39. The van der Waals surface area contributed by atoms with Gasteiger partial charge in [-0.3, -0.25) is 14.6 Å². The Balaban J connectivity index is 1.29. The summed E-state index contributed by atoms with van der Waals surface area (Å²) in [4.78, 5) is 46.9. The van der Waals surface area contributed by atoms with E-state index in [9.17, 15) is 18.8 Å². The lowest BCUT2D eigenvalue weighted by molar-refractivity contribution is -0.133. The van der Waals surface area contributed by atoms with Crippen molar-refractivity contribution < 1.29 is 33.0 Å². The molecule has 0 N–H and O–H groups in total. The highest BCUT2D eigenvalue weighted by Gasteiger charge is 2.54. The maximum absolute atomic E-state index is 13.2. The summed E-state index contributed by atoms with van der Waals surface area (Å²) in [6.45, 7) is 0. The van der Waals surface area contributed by atoms with Crippen LogP contribution in [0.1, 0.15) is 34.3 Å². The van der Waals surface area contributed by atoms with Gasteiger partial charge in [0.2, 0.25) is 5.88 Å². The number of ketones is 2. The summed E-state index contributed by atoms with van der Waals surface area (Å²) in [6, 6.07) is 14.0. The Hall–Kier alpha value is -4.66. The summed E-state index contributed by atoms with van der Waals surface area (Å²) in [7, 11) is 2.74. The van der Waals surface area contributed by atoms with Crippen molar-refractivity contribution in [1.29, 1.82) is 0 Å². The largest absolute Gasteiger partial charge is 0.496 e. The summed E-state index contributed by atoms with van der Waals surface area (Å²) < 4.78 is 29.3. The Bertz CT molecular complexity index is 1560. The molecular formula is C30H25FN2O6. The average Bonchev–Trinajstić information content (AvgIpc) is 3.77. The Morgan fingerprint density at radius 3 is 2.18 bits per heavy atom. The number of esters is 1. The maximum Gasteiger partial charge on any atom is 0.341 e. The molecule has 2 heterocycles. The highest BCUT2D eigenvalue weighted by atomic mass is 19.1.